The monoisotopic (exact) mass is 290 g/mol. The number of primary amides is 1. The van der Waals surface area contributed by atoms with Gasteiger partial charge in [-0.1, -0.05) is 6.07 Å². The summed E-state index contributed by atoms with van der Waals surface area (Å²) in [5, 5.41) is 0. The first-order chi connectivity index (χ1) is 10.0. The van der Waals surface area contributed by atoms with Crippen molar-refractivity contribution in [3.05, 3.63) is 47.8 Å². The first-order valence-electron chi connectivity index (χ1n) is 6.30. The van der Waals surface area contributed by atoms with Gasteiger partial charge < -0.3 is 20.9 Å². The van der Waals surface area contributed by atoms with Crippen LogP contribution in [-0.2, 0) is 0 Å². The Labute approximate surface area is 121 Å². The van der Waals surface area contributed by atoms with Crippen LogP contribution in [0.5, 0.6) is 17.2 Å². The molecule has 0 radical (unpaired) electrons. The van der Waals surface area contributed by atoms with E-state index in [2.05, 4.69) is 0 Å². The third kappa shape index (κ3) is 3.42. The maximum Gasteiger partial charge on any atom is 0.255 e. The van der Waals surface area contributed by atoms with Gasteiger partial charge in [0, 0.05) is 23.9 Å². The molecule has 2 rings (SSSR count). The number of ether oxygens (including phenoxy) is 2. The average molecular weight is 290 g/mol. The van der Waals surface area contributed by atoms with Crippen molar-refractivity contribution in [2.75, 3.05) is 12.3 Å². The predicted octanol–water partition coefficient (Wildman–Crippen LogP) is 2.70. The number of rotatable bonds is 5. The van der Waals surface area contributed by atoms with Gasteiger partial charge in [0.2, 0.25) is 0 Å². The van der Waals surface area contributed by atoms with Crippen LogP contribution in [0.4, 0.5) is 10.1 Å². The van der Waals surface area contributed by atoms with Crippen molar-refractivity contribution in [3.63, 3.8) is 0 Å². The lowest BCUT2D eigenvalue weighted by Gasteiger charge is -2.12. The molecule has 0 spiro atoms. The zero-order valence-corrected chi connectivity index (χ0v) is 11.4. The normalized spacial score (nSPS) is 10.2. The summed E-state index contributed by atoms with van der Waals surface area (Å²) in [4.78, 5) is 11.3. The van der Waals surface area contributed by atoms with Gasteiger partial charge in [-0.15, -0.1) is 0 Å². The highest BCUT2D eigenvalue weighted by molar-refractivity contribution is 5.96. The summed E-state index contributed by atoms with van der Waals surface area (Å²) in [6, 6.07) is 8.78. The van der Waals surface area contributed by atoms with Gasteiger partial charge in [0.1, 0.15) is 28.6 Å². The number of hydrogen-bond acceptors (Lipinski definition) is 4. The number of carbonyl (C=O) groups excluding carboxylic acids is 1. The number of amides is 1. The number of benzene rings is 2. The van der Waals surface area contributed by atoms with Crippen molar-refractivity contribution in [2.45, 2.75) is 6.92 Å². The van der Waals surface area contributed by atoms with Crippen LogP contribution in [0.3, 0.4) is 0 Å². The number of nitrogens with two attached hydrogens (primary N) is 2. The molecule has 5 nitrogen and oxygen atoms in total. The van der Waals surface area contributed by atoms with E-state index < -0.39 is 11.7 Å². The van der Waals surface area contributed by atoms with Gasteiger partial charge in [0.25, 0.3) is 5.91 Å². The number of anilines is 1. The summed E-state index contributed by atoms with van der Waals surface area (Å²) < 4.78 is 24.5. The van der Waals surface area contributed by atoms with Crippen molar-refractivity contribution in [1.29, 1.82) is 0 Å². The van der Waals surface area contributed by atoms with Gasteiger partial charge in [-0.3, -0.25) is 4.79 Å². The highest BCUT2D eigenvalue weighted by atomic mass is 19.1. The summed E-state index contributed by atoms with van der Waals surface area (Å²) in [6.07, 6.45) is 0. The zero-order chi connectivity index (χ0) is 15.4. The Bertz CT molecular complexity index is 674. The Hall–Kier alpha value is -2.76. The first kappa shape index (κ1) is 14.6. The molecule has 0 atom stereocenters. The SMILES string of the molecule is CCOc1cc(N)cc(Oc2cccc(F)c2C(N)=O)c1. The first-order valence-corrected chi connectivity index (χ1v) is 6.30. The lowest BCUT2D eigenvalue weighted by atomic mass is 10.1. The van der Waals surface area contributed by atoms with Crippen LogP contribution < -0.4 is 20.9 Å². The van der Waals surface area contributed by atoms with Crippen molar-refractivity contribution in [3.8, 4) is 17.2 Å². The molecule has 0 fully saturated rings. The lowest BCUT2D eigenvalue weighted by Crippen LogP contribution is -2.14. The summed E-state index contributed by atoms with van der Waals surface area (Å²) in [6.45, 7) is 2.30. The fourth-order valence-corrected chi connectivity index (χ4v) is 1.86. The molecular weight excluding hydrogens is 275 g/mol. The molecule has 2 aromatic rings. The summed E-state index contributed by atoms with van der Waals surface area (Å²) in [5.74, 6) is -0.780. The zero-order valence-electron chi connectivity index (χ0n) is 11.4. The smallest absolute Gasteiger partial charge is 0.255 e. The standard InChI is InChI=1S/C15H15FN2O3/c1-2-20-10-6-9(17)7-11(8-10)21-13-5-3-4-12(16)14(13)15(18)19/h3-8H,2,17H2,1H3,(H2,18,19). The van der Waals surface area contributed by atoms with Crippen molar-refractivity contribution >= 4 is 11.6 Å². The topological polar surface area (TPSA) is 87.6 Å². The van der Waals surface area contributed by atoms with Gasteiger partial charge in [0.15, 0.2) is 0 Å². The van der Waals surface area contributed by atoms with E-state index in [1.54, 1.807) is 12.1 Å². The second-order valence-electron chi connectivity index (χ2n) is 4.25. The fourth-order valence-electron chi connectivity index (χ4n) is 1.86. The molecule has 0 aliphatic heterocycles. The molecule has 0 aliphatic rings. The third-order valence-electron chi connectivity index (χ3n) is 2.66. The van der Waals surface area contributed by atoms with Crippen LogP contribution in [0, 0.1) is 5.82 Å². The Morgan fingerprint density at radius 2 is 1.95 bits per heavy atom. The van der Waals surface area contributed by atoms with Gasteiger partial charge >= 0.3 is 0 Å². The Morgan fingerprint density at radius 1 is 1.24 bits per heavy atom. The van der Waals surface area contributed by atoms with Crippen LogP contribution in [0.15, 0.2) is 36.4 Å². The number of hydrogen-bond donors (Lipinski definition) is 2. The number of nitrogen functional groups attached to an aromatic ring is 1. The molecule has 0 aliphatic carbocycles. The van der Waals surface area contributed by atoms with Gasteiger partial charge in [-0.25, -0.2) is 4.39 Å². The second kappa shape index (κ2) is 6.13. The average Bonchev–Trinajstić information content (AvgIpc) is 2.37. The summed E-state index contributed by atoms with van der Waals surface area (Å²) in [5.41, 5.74) is 11.0. The van der Waals surface area contributed by atoms with Crippen LogP contribution >= 0.6 is 0 Å². The maximum atomic E-state index is 13.7. The van der Waals surface area contributed by atoms with E-state index in [-0.39, 0.29) is 11.3 Å². The Morgan fingerprint density at radius 3 is 2.62 bits per heavy atom. The van der Waals surface area contributed by atoms with Crippen molar-refractivity contribution in [1.82, 2.24) is 0 Å². The molecule has 0 saturated carbocycles. The number of carbonyl (C=O) groups is 1. The highest BCUT2D eigenvalue weighted by Crippen LogP contribution is 2.31. The van der Waals surface area contributed by atoms with E-state index in [4.69, 9.17) is 20.9 Å². The molecule has 0 bridgehead atoms. The van der Waals surface area contributed by atoms with E-state index in [1.807, 2.05) is 6.92 Å². The van der Waals surface area contributed by atoms with Crippen LogP contribution in [0.25, 0.3) is 0 Å². The number of halogens is 1. The lowest BCUT2D eigenvalue weighted by molar-refractivity contribution is 0.0994. The van der Waals surface area contributed by atoms with E-state index in [0.717, 1.165) is 6.07 Å². The van der Waals surface area contributed by atoms with E-state index >= 15 is 0 Å². The Kier molecular flexibility index (Phi) is 4.27. The fraction of sp³-hybridized carbons (Fsp3) is 0.133. The second-order valence-corrected chi connectivity index (χ2v) is 4.25. The summed E-state index contributed by atoms with van der Waals surface area (Å²) in [7, 11) is 0. The van der Waals surface area contributed by atoms with Gasteiger partial charge in [0.05, 0.1) is 6.61 Å². The van der Waals surface area contributed by atoms with Crippen molar-refractivity contribution in [2.24, 2.45) is 5.73 Å². The quantitative estimate of drug-likeness (QED) is 0.829. The molecule has 6 heteroatoms. The highest BCUT2D eigenvalue weighted by Gasteiger charge is 2.16. The van der Waals surface area contributed by atoms with E-state index in [1.165, 1.54) is 18.2 Å². The van der Waals surface area contributed by atoms with E-state index in [0.29, 0.717) is 23.8 Å². The molecule has 0 unspecified atom stereocenters. The van der Waals surface area contributed by atoms with Gasteiger partial charge in [-0.05, 0) is 19.1 Å². The molecule has 21 heavy (non-hydrogen) atoms. The summed E-state index contributed by atoms with van der Waals surface area (Å²) >= 11 is 0. The predicted molar refractivity (Wildman–Crippen MR) is 77.0 cm³/mol. The molecular formula is C15H15FN2O3. The minimum absolute atomic E-state index is 0.0237. The van der Waals surface area contributed by atoms with Crippen LogP contribution in [-0.4, -0.2) is 12.5 Å². The van der Waals surface area contributed by atoms with Crippen molar-refractivity contribution < 1.29 is 18.7 Å². The molecule has 2 aromatic carbocycles. The molecule has 0 saturated heterocycles. The minimum atomic E-state index is -0.906. The largest absolute Gasteiger partial charge is 0.494 e. The molecule has 4 N–H and O–H groups in total. The van der Waals surface area contributed by atoms with Crippen LogP contribution in [0.1, 0.15) is 17.3 Å². The third-order valence-corrected chi connectivity index (χ3v) is 2.66. The van der Waals surface area contributed by atoms with E-state index in [9.17, 15) is 9.18 Å². The molecule has 1 amide bonds. The maximum absolute atomic E-state index is 13.7. The minimum Gasteiger partial charge on any atom is -0.494 e. The Balaban J connectivity index is 2.38. The molecule has 110 valence electrons. The van der Waals surface area contributed by atoms with Gasteiger partial charge in [-0.2, -0.15) is 0 Å². The molecule has 0 heterocycles. The molecule has 0 aromatic heterocycles. The van der Waals surface area contributed by atoms with Crippen LogP contribution in [0.2, 0.25) is 0 Å².